The maximum atomic E-state index is 12.8. The molecule has 1 fully saturated rings. The molecule has 0 radical (unpaired) electrons. The molecule has 8 heteroatoms. The van der Waals surface area contributed by atoms with E-state index >= 15 is 0 Å². The topological polar surface area (TPSA) is 72.3 Å². The average Bonchev–Trinajstić information content (AvgIpc) is 3.36. The van der Waals surface area contributed by atoms with Crippen molar-refractivity contribution in [3.63, 3.8) is 0 Å². The summed E-state index contributed by atoms with van der Waals surface area (Å²) in [6.07, 6.45) is 7.08. The molecular weight excluding hydrogens is 362 g/mol. The molecule has 1 N–H and O–H groups in total. The number of aromatic nitrogens is 3. The predicted octanol–water partition coefficient (Wildman–Crippen LogP) is 3.12. The van der Waals surface area contributed by atoms with Gasteiger partial charge < -0.3 is 15.0 Å². The summed E-state index contributed by atoms with van der Waals surface area (Å²) in [6, 6.07) is 5.88. The summed E-state index contributed by atoms with van der Waals surface area (Å²) in [5, 5.41) is 8.22. The number of nitrogens with zero attached hydrogens (tertiary/aromatic N) is 4. The van der Waals surface area contributed by atoms with Crippen molar-refractivity contribution in [1.29, 1.82) is 0 Å². The number of carbonyl (C=O) groups excluding carboxylic acids is 1. The number of hydrogen-bond donors (Lipinski definition) is 1. The number of amides is 1. The average molecular weight is 383 g/mol. The van der Waals surface area contributed by atoms with Gasteiger partial charge in [-0.15, -0.1) is 11.3 Å². The first-order valence-electron chi connectivity index (χ1n) is 8.95. The molecule has 0 saturated carbocycles. The highest BCUT2D eigenvalue weighted by Crippen LogP contribution is 2.39. The van der Waals surface area contributed by atoms with Crippen LogP contribution in [-0.2, 0) is 11.3 Å². The fourth-order valence-corrected chi connectivity index (χ4v) is 4.14. The van der Waals surface area contributed by atoms with Crippen LogP contribution in [0.3, 0.4) is 0 Å². The summed E-state index contributed by atoms with van der Waals surface area (Å²) in [6.45, 7) is 5.80. The minimum Gasteiger partial charge on any atom is -0.378 e. The molecule has 0 atom stereocenters. The Balaban J connectivity index is 1.64. The fourth-order valence-electron chi connectivity index (χ4n) is 3.02. The molecule has 4 rings (SSSR count). The fraction of sp³-hybridized carbons (Fsp3) is 0.316. The van der Waals surface area contributed by atoms with Crippen LogP contribution < -0.4 is 10.2 Å². The minimum absolute atomic E-state index is 0.125. The van der Waals surface area contributed by atoms with Crippen molar-refractivity contribution >= 4 is 27.9 Å². The molecule has 0 bridgehead atoms. The lowest BCUT2D eigenvalue weighted by atomic mass is 10.1. The number of rotatable bonds is 5. The van der Waals surface area contributed by atoms with E-state index in [1.54, 1.807) is 17.1 Å². The second-order valence-corrected chi connectivity index (χ2v) is 7.24. The third-order valence-corrected chi connectivity index (χ3v) is 5.62. The van der Waals surface area contributed by atoms with Gasteiger partial charge in [0.1, 0.15) is 0 Å². The Morgan fingerprint density at radius 3 is 2.89 bits per heavy atom. The predicted molar refractivity (Wildman–Crippen MR) is 106 cm³/mol. The summed E-state index contributed by atoms with van der Waals surface area (Å²) >= 11 is 1.50. The first-order chi connectivity index (χ1) is 13.2. The van der Waals surface area contributed by atoms with Crippen LogP contribution in [0.25, 0.3) is 11.1 Å². The number of hydrogen-bond acceptors (Lipinski definition) is 6. The molecule has 140 valence electrons. The first kappa shape index (κ1) is 17.7. The zero-order chi connectivity index (χ0) is 18.6. The van der Waals surface area contributed by atoms with Crippen LogP contribution in [0.2, 0.25) is 0 Å². The highest BCUT2D eigenvalue weighted by atomic mass is 32.1. The van der Waals surface area contributed by atoms with Crippen molar-refractivity contribution < 1.29 is 9.53 Å². The first-order valence-corrected chi connectivity index (χ1v) is 9.77. The van der Waals surface area contributed by atoms with Gasteiger partial charge in [0.05, 0.1) is 35.0 Å². The third kappa shape index (κ3) is 3.86. The van der Waals surface area contributed by atoms with Crippen molar-refractivity contribution in [2.24, 2.45) is 0 Å². The van der Waals surface area contributed by atoms with E-state index in [4.69, 9.17) is 4.74 Å². The molecule has 1 aliphatic rings. The van der Waals surface area contributed by atoms with E-state index < -0.39 is 0 Å². The van der Waals surface area contributed by atoms with Gasteiger partial charge in [0.15, 0.2) is 0 Å². The SMILES string of the molecule is CCn1cc(NC(=O)c2cc(-c3cccnc3)c(N3CCOCC3)s2)cn1. The Morgan fingerprint density at radius 2 is 2.19 bits per heavy atom. The Labute approximate surface area is 161 Å². The van der Waals surface area contributed by atoms with Crippen LogP contribution in [0, 0.1) is 0 Å². The van der Waals surface area contributed by atoms with Crippen LogP contribution in [0.1, 0.15) is 16.6 Å². The molecule has 27 heavy (non-hydrogen) atoms. The van der Waals surface area contributed by atoms with Crippen LogP contribution >= 0.6 is 11.3 Å². The normalized spacial score (nSPS) is 14.3. The van der Waals surface area contributed by atoms with Gasteiger partial charge in [0.2, 0.25) is 0 Å². The van der Waals surface area contributed by atoms with E-state index in [2.05, 4.69) is 20.3 Å². The lowest BCUT2D eigenvalue weighted by Crippen LogP contribution is -2.35. The highest BCUT2D eigenvalue weighted by Gasteiger charge is 2.22. The molecule has 3 aromatic heterocycles. The Bertz CT molecular complexity index is 915. The van der Waals surface area contributed by atoms with Crippen LogP contribution in [0.15, 0.2) is 43.0 Å². The number of ether oxygens (including phenoxy) is 1. The largest absolute Gasteiger partial charge is 0.378 e. The van der Waals surface area contributed by atoms with Crippen molar-refractivity contribution in [3.05, 3.63) is 47.9 Å². The van der Waals surface area contributed by atoms with Gasteiger partial charge >= 0.3 is 0 Å². The molecule has 4 heterocycles. The smallest absolute Gasteiger partial charge is 0.265 e. The van der Waals surface area contributed by atoms with Gasteiger partial charge in [0.25, 0.3) is 5.91 Å². The zero-order valence-electron chi connectivity index (χ0n) is 15.1. The molecule has 0 aromatic carbocycles. The number of morpholine rings is 1. The quantitative estimate of drug-likeness (QED) is 0.733. The summed E-state index contributed by atoms with van der Waals surface area (Å²) < 4.78 is 7.26. The van der Waals surface area contributed by atoms with Crippen LogP contribution in [0.5, 0.6) is 0 Å². The van der Waals surface area contributed by atoms with Crippen molar-refractivity contribution in [3.8, 4) is 11.1 Å². The molecule has 0 unspecified atom stereocenters. The molecule has 3 aromatic rings. The molecule has 0 aliphatic carbocycles. The summed E-state index contributed by atoms with van der Waals surface area (Å²) in [5.41, 5.74) is 2.74. The van der Waals surface area contributed by atoms with Crippen molar-refractivity contribution in [2.45, 2.75) is 13.5 Å². The maximum Gasteiger partial charge on any atom is 0.265 e. The minimum atomic E-state index is -0.125. The van der Waals surface area contributed by atoms with E-state index in [-0.39, 0.29) is 5.91 Å². The van der Waals surface area contributed by atoms with Crippen molar-refractivity contribution in [1.82, 2.24) is 14.8 Å². The third-order valence-electron chi connectivity index (χ3n) is 4.42. The van der Waals surface area contributed by atoms with E-state index in [1.807, 2.05) is 37.5 Å². The van der Waals surface area contributed by atoms with E-state index in [0.717, 1.165) is 35.8 Å². The summed E-state index contributed by atoms with van der Waals surface area (Å²) in [4.78, 5) is 20.0. The van der Waals surface area contributed by atoms with Gasteiger partial charge in [-0.1, -0.05) is 6.07 Å². The molecule has 1 amide bonds. The van der Waals surface area contributed by atoms with Gasteiger partial charge in [-0.05, 0) is 19.1 Å². The van der Waals surface area contributed by atoms with Crippen LogP contribution in [0.4, 0.5) is 10.7 Å². The number of nitrogens with one attached hydrogen (secondary N) is 1. The second-order valence-electron chi connectivity index (χ2n) is 6.21. The number of thiophene rings is 1. The summed E-state index contributed by atoms with van der Waals surface area (Å²) in [5.74, 6) is -0.125. The lowest BCUT2D eigenvalue weighted by molar-refractivity contribution is 0.103. The van der Waals surface area contributed by atoms with Crippen LogP contribution in [-0.4, -0.2) is 47.0 Å². The van der Waals surface area contributed by atoms with Gasteiger partial charge in [-0.2, -0.15) is 5.10 Å². The highest BCUT2D eigenvalue weighted by molar-refractivity contribution is 7.18. The summed E-state index contributed by atoms with van der Waals surface area (Å²) in [7, 11) is 0. The van der Waals surface area contributed by atoms with E-state index in [1.165, 1.54) is 11.3 Å². The van der Waals surface area contributed by atoms with E-state index in [9.17, 15) is 4.79 Å². The number of anilines is 2. The Hall–Kier alpha value is -2.71. The number of aryl methyl sites for hydroxylation is 1. The maximum absolute atomic E-state index is 12.8. The van der Waals surface area contributed by atoms with Gasteiger partial charge in [-0.3, -0.25) is 14.5 Å². The monoisotopic (exact) mass is 383 g/mol. The molecule has 7 nitrogen and oxygen atoms in total. The Kier molecular flexibility index (Phi) is 5.17. The number of pyridine rings is 1. The number of carbonyl (C=O) groups is 1. The molecule has 1 aliphatic heterocycles. The standard InChI is InChI=1S/C19H21N5O2S/c1-2-24-13-15(12-21-24)22-18(25)17-10-16(14-4-3-5-20-11-14)19(27-17)23-6-8-26-9-7-23/h3-5,10-13H,2,6-9H2,1H3,(H,22,25). The second kappa shape index (κ2) is 7.89. The van der Waals surface area contributed by atoms with E-state index in [0.29, 0.717) is 23.8 Å². The Morgan fingerprint density at radius 1 is 1.33 bits per heavy atom. The lowest BCUT2D eigenvalue weighted by Gasteiger charge is -2.28. The zero-order valence-corrected chi connectivity index (χ0v) is 15.9. The molecular formula is C19H21N5O2S. The van der Waals surface area contributed by atoms with Gasteiger partial charge in [-0.25, -0.2) is 0 Å². The van der Waals surface area contributed by atoms with Crippen molar-refractivity contribution in [2.75, 3.05) is 36.5 Å². The van der Waals surface area contributed by atoms with Gasteiger partial charge in [0, 0.05) is 49.4 Å². The molecule has 0 spiro atoms. The molecule has 1 saturated heterocycles.